The summed E-state index contributed by atoms with van der Waals surface area (Å²) in [5.74, 6) is 1.67. The van der Waals surface area contributed by atoms with Crippen LogP contribution in [-0.4, -0.2) is 56.6 Å². The number of unbranched alkanes of at least 4 members (excludes halogenated alkanes) is 13. The predicted octanol–water partition coefficient (Wildman–Crippen LogP) is 8.32. The van der Waals surface area contributed by atoms with Gasteiger partial charge in [0.05, 0.1) is 32.8 Å². The van der Waals surface area contributed by atoms with Crippen LogP contribution < -0.4 is 9.47 Å². The zero-order valence-corrected chi connectivity index (χ0v) is 23.7. The maximum atomic E-state index is 6.05. The smallest absolute Gasteiger partial charge is 0.161 e. The zero-order chi connectivity index (χ0) is 25.3. The van der Waals surface area contributed by atoms with E-state index in [1.165, 1.54) is 127 Å². The molecule has 0 N–H and O–H groups in total. The standard InChI is InChI=1S/C32H56NO3/c1-29(32-28-35-30-22-16-17-23-31(30)36-32)34-27-21-14-12-10-8-6-4-3-5-7-9-11-13-18-24-33(2)25-19-15-20-26-33/h16-17,22-23,29,32H,3-15,18-21,24-28H2,1-2H3/q+1. The quantitative estimate of drug-likeness (QED) is 0.141. The lowest BCUT2D eigenvalue weighted by Crippen LogP contribution is -2.48. The molecule has 0 aliphatic carbocycles. The molecule has 2 unspecified atom stereocenters. The van der Waals surface area contributed by atoms with Crippen molar-refractivity contribution in [2.45, 2.75) is 128 Å². The molecule has 4 nitrogen and oxygen atoms in total. The second-order valence-electron chi connectivity index (χ2n) is 11.8. The zero-order valence-electron chi connectivity index (χ0n) is 23.7. The van der Waals surface area contributed by atoms with E-state index >= 15 is 0 Å². The molecule has 0 spiro atoms. The van der Waals surface area contributed by atoms with Crippen molar-refractivity contribution >= 4 is 0 Å². The molecule has 1 saturated heterocycles. The van der Waals surface area contributed by atoms with Crippen LogP contribution in [0.4, 0.5) is 0 Å². The van der Waals surface area contributed by atoms with Gasteiger partial charge in [0.25, 0.3) is 0 Å². The van der Waals surface area contributed by atoms with E-state index in [0.717, 1.165) is 24.5 Å². The van der Waals surface area contributed by atoms with Crippen LogP contribution in [-0.2, 0) is 4.74 Å². The molecule has 36 heavy (non-hydrogen) atoms. The van der Waals surface area contributed by atoms with Gasteiger partial charge in [-0.3, -0.25) is 0 Å². The average molecular weight is 503 g/mol. The van der Waals surface area contributed by atoms with E-state index in [4.69, 9.17) is 14.2 Å². The lowest BCUT2D eigenvalue weighted by Gasteiger charge is -2.37. The second-order valence-corrected chi connectivity index (χ2v) is 11.8. The topological polar surface area (TPSA) is 27.7 Å². The summed E-state index contributed by atoms with van der Waals surface area (Å²) in [6.45, 7) is 7.76. The van der Waals surface area contributed by atoms with Crippen LogP contribution in [0.2, 0.25) is 0 Å². The van der Waals surface area contributed by atoms with Gasteiger partial charge in [0, 0.05) is 6.61 Å². The lowest BCUT2D eigenvalue weighted by molar-refractivity contribution is -0.914. The van der Waals surface area contributed by atoms with Crippen molar-refractivity contribution in [3.05, 3.63) is 24.3 Å². The van der Waals surface area contributed by atoms with Crippen molar-refractivity contribution in [2.75, 3.05) is 39.9 Å². The SMILES string of the molecule is CC(OCCCCCCCCCCCCCCCC[N+]1(C)CCCCC1)C1COc2ccccc2O1. The molecule has 2 heterocycles. The summed E-state index contributed by atoms with van der Waals surface area (Å²) in [4.78, 5) is 0. The number of quaternary nitrogens is 1. The van der Waals surface area contributed by atoms with Crippen LogP contribution in [0.3, 0.4) is 0 Å². The number of hydrogen-bond acceptors (Lipinski definition) is 3. The van der Waals surface area contributed by atoms with Gasteiger partial charge in [-0.1, -0.05) is 82.8 Å². The number of piperidine rings is 1. The molecule has 0 saturated carbocycles. The van der Waals surface area contributed by atoms with Gasteiger partial charge in [0.1, 0.15) is 6.61 Å². The molecule has 0 radical (unpaired) electrons. The average Bonchev–Trinajstić information content (AvgIpc) is 2.90. The summed E-state index contributed by atoms with van der Waals surface area (Å²) in [5.41, 5.74) is 0. The highest BCUT2D eigenvalue weighted by Crippen LogP contribution is 2.32. The Kier molecular flexibility index (Phi) is 14.1. The first-order valence-corrected chi connectivity index (χ1v) is 15.5. The molecular weight excluding hydrogens is 446 g/mol. The number of rotatable bonds is 19. The molecule has 1 aromatic carbocycles. The largest absolute Gasteiger partial charge is 0.486 e. The first-order chi connectivity index (χ1) is 17.7. The maximum absolute atomic E-state index is 6.05. The Balaban J connectivity index is 1.03. The van der Waals surface area contributed by atoms with E-state index in [2.05, 4.69) is 14.0 Å². The Morgan fingerprint density at radius 3 is 1.89 bits per heavy atom. The molecule has 206 valence electrons. The fourth-order valence-corrected chi connectivity index (χ4v) is 5.86. The summed E-state index contributed by atoms with van der Waals surface area (Å²) in [6, 6.07) is 7.88. The Bertz CT molecular complexity index is 688. The molecule has 1 aromatic rings. The number of hydrogen-bond donors (Lipinski definition) is 0. The van der Waals surface area contributed by atoms with Crippen LogP contribution in [0.5, 0.6) is 11.5 Å². The highest BCUT2D eigenvalue weighted by atomic mass is 16.6. The molecule has 1 fully saturated rings. The van der Waals surface area contributed by atoms with Crippen molar-refractivity contribution in [1.29, 1.82) is 0 Å². The lowest BCUT2D eigenvalue weighted by atomic mass is 10.0. The third-order valence-electron chi connectivity index (χ3n) is 8.42. The fraction of sp³-hybridized carbons (Fsp3) is 0.812. The minimum Gasteiger partial charge on any atom is -0.486 e. The first kappa shape index (κ1) is 29.3. The summed E-state index contributed by atoms with van der Waals surface area (Å²) in [5, 5.41) is 0. The first-order valence-electron chi connectivity index (χ1n) is 15.5. The van der Waals surface area contributed by atoms with Crippen molar-refractivity contribution in [1.82, 2.24) is 0 Å². The Hall–Kier alpha value is -1.26. The Morgan fingerprint density at radius 1 is 0.750 bits per heavy atom. The summed E-state index contributed by atoms with van der Waals surface area (Å²) in [6.07, 6.45) is 24.0. The van der Waals surface area contributed by atoms with E-state index in [1.54, 1.807) is 0 Å². The van der Waals surface area contributed by atoms with Gasteiger partial charge >= 0.3 is 0 Å². The van der Waals surface area contributed by atoms with Crippen LogP contribution in [0.25, 0.3) is 0 Å². The minimum absolute atomic E-state index is 0.0194. The van der Waals surface area contributed by atoms with Crippen molar-refractivity contribution in [3.8, 4) is 11.5 Å². The monoisotopic (exact) mass is 502 g/mol. The van der Waals surface area contributed by atoms with Crippen LogP contribution >= 0.6 is 0 Å². The number of fused-ring (bicyclic) bond motifs is 1. The van der Waals surface area contributed by atoms with E-state index < -0.39 is 0 Å². The van der Waals surface area contributed by atoms with Gasteiger partial charge in [0.2, 0.25) is 0 Å². The number of benzene rings is 1. The third-order valence-corrected chi connectivity index (χ3v) is 8.42. The van der Waals surface area contributed by atoms with Gasteiger partial charge in [-0.2, -0.15) is 0 Å². The second kappa shape index (κ2) is 17.3. The van der Waals surface area contributed by atoms with E-state index in [9.17, 15) is 0 Å². The van der Waals surface area contributed by atoms with E-state index in [0.29, 0.717) is 6.61 Å². The molecule has 0 bridgehead atoms. The molecule has 2 atom stereocenters. The van der Waals surface area contributed by atoms with Gasteiger partial charge in [-0.15, -0.1) is 0 Å². The van der Waals surface area contributed by atoms with Gasteiger partial charge in [-0.25, -0.2) is 0 Å². The van der Waals surface area contributed by atoms with Crippen LogP contribution in [0.15, 0.2) is 24.3 Å². The Morgan fingerprint density at radius 2 is 1.28 bits per heavy atom. The normalized spacial score (nSPS) is 19.8. The van der Waals surface area contributed by atoms with Gasteiger partial charge in [-0.05, 0) is 57.6 Å². The highest BCUT2D eigenvalue weighted by Gasteiger charge is 2.26. The third kappa shape index (κ3) is 11.4. The molecular formula is C32H56NO3+. The summed E-state index contributed by atoms with van der Waals surface area (Å²) >= 11 is 0. The molecule has 3 rings (SSSR count). The highest BCUT2D eigenvalue weighted by molar-refractivity contribution is 5.40. The van der Waals surface area contributed by atoms with E-state index in [-0.39, 0.29) is 12.2 Å². The molecule has 2 aliphatic rings. The molecule has 0 amide bonds. The molecule has 2 aliphatic heterocycles. The van der Waals surface area contributed by atoms with Crippen molar-refractivity contribution in [2.24, 2.45) is 0 Å². The Labute approximate surface area is 222 Å². The minimum atomic E-state index is -0.0194. The van der Waals surface area contributed by atoms with E-state index in [1.807, 2.05) is 24.3 Å². The molecule has 4 heteroatoms. The number of para-hydroxylation sites is 2. The van der Waals surface area contributed by atoms with Gasteiger partial charge in [0.15, 0.2) is 17.6 Å². The van der Waals surface area contributed by atoms with Crippen LogP contribution in [0.1, 0.15) is 116 Å². The number of nitrogens with zero attached hydrogens (tertiary/aromatic N) is 1. The summed E-state index contributed by atoms with van der Waals surface area (Å²) < 4.78 is 19.2. The number of ether oxygens (including phenoxy) is 3. The van der Waals surface area contributed by atoms with Crippen molar-refractivity contribution in [3.63, 3.8) is 0 Å². The van der Waals surface area contributed by atoms with Crippen molar-refractivity contribution < 1.29 is 18.7 Å². The van der Waals surface area contributed by atoms with Gasteiger partial charge < -0.3 is 18.7 Å². The van der Waals surface area contributed by atoms with Crippen LogP contribution in [0, 0.1) is 0 Å². The maximum Gasteiger partial charge on any atom is 0.161 e. The number of likely N-dealkylation sites (tertiary alicyclic amines) is 1. The summed E-state index contributed by atoms with van der Waals surface area (Å²) in [7, 11) is 2.48. The molecule has 0 aromatic heterocycles. The predicted molar refractivity (Wildman–Crippen MR) is 151 cm³/mol. The fourth-order valence-electron chi connectivity index (χ4n) is 5.86.